The summed E-state index contributed by atoms with van der Waals surface area (Å²) < 4.78 is 28.0. The van der Waals surface area contributed by atoms with Gasteiger partial charge in [-0.15, -0.1) is 0 Å². The molecule has 0 bridgehead atoms. The van der Waals surface area contributed by atoms with Crippen molar-refractivity contribution in [1.82, 2.24) is 14.9 Å². The lowest BCUT2D eigenvalue weighted by atomic mass is 10.1. The van der Waals surface area contributed by atoms with Crippen molar-refractivity contribution in [2.45, 2.75) is 83.8 Å². The van der Waals surface area contributed by atoms with Gasteiger partial charge in [0.05, 0.1) is 4.90 Å². The largest absolute Gasteiger partial charge is 0.350 e. The van der Waals surface area contributed by atoms with E-state index in [0.29, 0.717) is 24.0 Å². The molecule has 0 aromatic heterocycles. The highest BCUT2D eigenvalue weighted by Gasteiger charge is 2.41. The van der Waals surface area contributed by atoms with Gasteiger partial charge in [0.15, 0.2) is 0 Å². The Bertz CT molecular complexity index is 880. The molecule has 0 saturated carbocycles. The van der Waals surface area contributed by atoms with Gasteiger partial charge < -0.3 is 10.6 Å². The lowest BCUT2D eigenvalue weighted by Crippen LogP contribution is -2.54. The van der Waals surface area contributed by atoms with Crippen molar-refractivity contribution in [2.24, 2.45) is 0 Å². The minimum atomic E-state index is -3.82. The van der Waals surface area contributed by atoms with Crippen LogP contribution in [0.4, 0.5) is 0 Å². The van der Waals surface area contributed by atoms with Crippen molar-refractivity contribution < 1.29 is 18.0 Å². The molecule has 0 spiro atoms. The summed E-state index contributed by atoms with van der Waals surface area (Å²) in [6, 6.07) is 2.10. The summed E-state index contributed by atoms with van der Waals surface area (Å²) >= 11 is 0. The Balaban J connectivity index is 2.23. The first-order chi connectivity index (χ1) is 13.2. The third-order valence-electron chi connectivity index (χ3n) is 4.93. The van der Waals surface area contributed by atoms with Gasteiger partial charge in [-0.1, -0.05) is 17.7 Å². The summed E-state index contributed by atoms with van der Waals surface area (Å²) in [4.78, 5) is 25.4. The van der Waals surface area contributed by atoms with Gasteiger partial charge in [0.2, 0.25) is 21.8 Å². The van der Waals surface area contributed by atoms with Gasteiger partial charge in [-0.2, -0.15) is 4.31 Å². The molecule has 0 radical (unpaired) electrons. The van der Waals surface area contributed by atoms with Crippen molar-refractivity contribution in [1.29, 1.82) is 0 Å². The van der Waals surface area contributed by atoms with Crippen molar-refractivity contribution in [3.63, 3.8) is 0 Å². The number of carbonyl (C=O) groups excluding carboxylic acids is 2. The zero-order valence-corrected chi connectivity index (χ0v) is 19.2. The average molecular weight is 424 g/mol. The van der Waals surface area contributed by atoms with E-state index in [1.54, 1.807) is 20.8 Å². The Labute approximate surface area is 174 Å². The average Bonchev–Trinajstić information content (AvgIpc) is 3.02. The summed E-state index contributed by atoms with van der Waals surface area (Å²) in [5.74, 6) is -0.742. The number of benzene rings is 1. The maximum Gasteiger partial charge on any atom is 0.244 e. The molecule has 1 fully saturated rings. The number of rotatable bonds is 5. The number of hydrogen-bond acceptors (Lipinski definition) is 4. The standard InChI is InChI=1S/C21H33N3O4S/c1-13-11-14(2)18(15(3)12-13)29(27,28)24-10-8-9-17(24)20(26)22-16(4)19(25)23-21(5,6)7/h11-12,16-17H,8-10H2,1-7H3,(H,22,26)(H,23,25). The van der Waals surface area contributed by atoms with Crippen LogP contribution in [0.5, 0.6) is 0 Å². The van der Waals surface area contributed by atoms with Gasteiger partial charge in [0.25, 0.3) is 0 Å². The maximum atomic E-state index is 13.4. The molecule has 1 heterocycles. The molecule has 29 heavy (non-hydrogen) atoms. The lowest BCUT2D eigenvalue weighted by molar-refractivity contribution is -0.131. The van der Waals surface area contributed by atoms with Crippen LogP contribution in [0.15, 0.2) is 17.0 Å². The first kappa shape index (κ1) is 23.3. The van der Waals surface area contributed by atoms with E-state index < -0.39 is 33.6 Å². The number of aryl methyl sites for hydroxylation is 3. The van der Waals surface area contributed by atoms with E-state index in [4.69, 9.17) is 0 Å². The topological polar surface area (TPSA) is 95.6 Å². The number of hydrogen-bond donors (Lipinski definition) is 2. The van der Waals surface area contributed by atoms with Crippen LogP contribution in [0, 0.1) is 20.8 Å². The molecule has 162 valence electrons. The Kier molecular flexibility index (Phi) is 6.79. The van der Waals surface area contributed by atoms with Crippen LogP contribution in [-0.2, 0) is 19.6 Å². The molecule has 2 atom stereocenters. The van der Waals surface area contributed by atoms with Gasteiger partial charge in [-0.3, -0.25) is 9.59 Å². The van der Waals surface area contributed by atoms with Crippen molar-refractivity contribution in [3.05, 3.63) is 28.8 Å². The fourth-order valence-electron chi connectivity index (χ4n) is 3.83. The van der Waals surface area contributed by atoms with Crippen molar-refractivity contribution in [2.75, 3.05) is 6.54 Å². The predicted molar refractivity (Wildman–Crippen MR) is 113 cm³/mol. The van der Waals surface area contributed by atoms with Crippen LogP contribution in [0.25, 0.3) is 0 Å². The Morgan fingerprint density at radius 1 is 1.14 bits per heavy atom. The number of carbonyl (C=O) groups is 2. The van der Waals surface area contributed by atoms with Gasteiger partial charge in [-0.25, -0.2) is 8.42 Å². The molecule has 0 aliphatic carbocycles. The predicted octanol–water partition coefficient (Wildman–Crippen LogP) is 2.18. The van der Waals surface area contributed by atoms with Crippen LogP contribution in [0.2, 0.25) is 0 Å². The van der Waals surface area contributed by atoms with E-state index in [0.717, 1.165) is 5.56 Å². The molecular formula is C21H33N3O4S. The molecule has 2 rings (SSSR count). The normalized spacial score (nSPS) is 19.1. The van der Waals surface area contributed by atoms with Crippen molar-refractivity contribution >= 4 is 21.8 Å². The molecule has 2 amide bonds. The van der Waals surface area contributed by atoms with E-state index in [2.05, 4.69) is 10.6 Å². The molecule has 1 saturated heterocycles. The highest BCUT2D eigenvalue weighted by Crippen LogP contribution is 2.30. The van der Waals surface area contributed by atoms with Crippen LogP contribution >= 0.6 is 0 Å². The third kappa shape index (κ3) is 5.36. The summed E-state index contributed by atoms with van der Waals surface area (Å²) in [6.45, 7) is 12.9. The van der Waals surface area contributed by atoms with Crippen LogP contribution < -0.4 is 10.6 Å². The van der Waals surface area contributed by atoms with E-state index >= 15 is 0 Å². The minimum Gasteiger partial charge on any atom is -0.350 e. The molecule has 2 N–H and O–H groups in total. The van der Waals surface area contributed by atoms with Crippen LogP contribution in [0.1, 0.15) is 57.2 Å². The van der Waals surface area contributed by atoms with E-state index in [1.807, 2.05) is 39.8 Å². The monoisotopic (exact) mass is 423 g/mol. The number of sulfonamides is 1. The van der Waals surface area contributed by atoms with Crippen LogP contribution in [-0.4, -0.2) is 48.7 Å². The van der Waals surface area contributed by atoms with E-state index in [1.165, 1.54) is 4.31 Å². The van der Waals surface area contributed by atoms with Gasteiger partial charge >= 0.3 is 0 Å². The molecule has 1 aliphatic heterocycles. The van der Waals surface area contributed by atoms with Gasteiger partial charge in [0, 0.05) is 12.1 Å². The second kappa shape index (κ2) is 8.44. The number of amides is 2. The summed E-state index contributed by atoms with van der Waals surface area (Å²) in [7, 11) is -3.82. The highest BCUT2D eigenvalue weighted by atomic mass is 32.2. The van der Waals surface area contributed by atoms with Crippen LogP contribution in [0.3, 0.4) is 0 Å². The SMILES string of the molecule is Cc1cc(C)c(S(=O)(=O)N2CCCC2C(=O)NC(C)C(=O)NC(C)(C)C)c(C)c1. The van der Waals surface area contributed by atoms with Gasteiger partial charge in [0.1, 0.15) is 12.1 Å². The minimum absolute atomic E-state index is 0.265. The summed E-state index contributed by atoms with van der Waals surface area (Å²) in [6.07, 6.45) is 1.03. The molecule has 1 aromatic carbocycles. The fraction of sp³-hybridized carbons (Fsp3) is 0.619. The molecule has 1 aliphatic rings. The molecule has 7 nitrogen and oxygen atoms in total. The Morgan fingerprint density at radius 3 is 2.21 bits per heavy atom. The lowest BCUT2D eigenvalue weighted by Gasteiger charge is -2.27. The molecular weight excluding hydrogens is 390 g/mol. The zero-order valence-electron chi connectivity index (χ0n) is 18.4. The van der Waals surface area contributed by atoms with Crippen molar-refractivity contribution in [3.8, 4) is 0 Å². The third-order valence-corrected chi connectivity index (χ3v) is 7.14. The molecule has 2 unspecified atom stereocenters. The second-order valence-corrected chi connectivity index (χ2v) is 10.8. The smallest absolute Gasteiger partial charge is 0.244 e. The molecule has 8 heteroatoms. The Hall–Kier alpha value is -1.93. The highest BCUT2D eigenvalue weighted by molar-refractivity contribution is 7.89. The fourth-order valence-corrected chi connectivity index (χ4v) is 5.91. The first-order valence-corrected chi connectivity index (χ1v) is 11.4. The maximum absolute atomic E-state index is 13.4. The number of nitrogens with one attached hydrogen (secondary N) is 2. The van der Waals surface area contributed by atoms with E-state index in [9.17, 15) is 18.0 Å². The summed E-state index contributed by atoms with van der Waals surface area (Å²) in [5.41, 5.74) is 1.92. The Morgan fingerprint density at radius 2 is 1.69 bits per heavy atom. The summed E-state index contributed by atoms with van der Waals surface area (Å²) in [5, 5.41) is 5.50. The second-order valence-electron chi connectivity index (χ2n) is 8.97. The van der Waals surface area contributed by atoms with Gasteiger partial charge in [-0.05, 0) is 72.4 Å². The molecule has 1 aromatic rings. The zero-order chi connectivity index (χ0) is 22.1. The van der Waals surface area contributed by atoms with E-state index in [-0.39, 0.29) is 17.3 Å². The number of nitrogens with zero attached hydrogens (tertiary/aromatic N) is 1. The quantitative estimate of drug-likeness (QED) is 0.759. The first-order valence-electron chi connectivity index (χ1n) is 9.96.